The molecule has 0 bridgehead atoms. The van der Waals surface area contributed by atoms with Crippen molar-refractivity contribution >= 4 is 35.0 Å². The van der Waals surface area contributed by atoms with E-state index in [2.05, 4.69) is 11.4 Å². The second-order valence-electron chi connectivity index (χ2n) is 14.2. The molecule has 1 aromatic heterocycles. The van der Waals surface area contributed by atoms with Crippen LogP contribution in [-0.2, 0) is 30.8 Å². The van der Waals surface area contributed by atoms with Crippen molar-refractivity contribution in [2.24, 2.45) is 0 Å². The summed E-state index contributed by atoms with van der Waals surface area (Å²) in [6.07, 6.45) is 1.98. The third kappa shape index (κ3) is 8.48. The summed E-state index contributed by atoms with van der Waals surface area (Å²) >= 11 is 12.2. The van der Waals surface area contributed by atoms with Crippen LogP contribution in [0.5, 0.6) is 17.2 Å². The predicted octanol–water partition coefficient (Wildman–Crippen LogP) is 9.53. The van der Waals surface area contributed by atoms with E-state index in [1.165, 1.54) is 6.26 Å². The van der Waals surface area contributed by atoms with Crippen LogP contribution in [0, 0.1) is 11.3 Å². The first-order valence-electron chi connectivity index (χ1n) is 18.6. The van der Waals surface area contributed by atoms with Crippen molar-refractivity contribution in [3.63, 3.8) is 0 Å². The van der Waals surface area contributed by atoms with Crippen molar-refractivity contribution in [1.29, 1.82) is 5.26 Å². The molecule has 9 nitrogen and oxygen atoms in total. The third-order valence-electron chi connectivity index (χ3n) is 10.2. The largest absolute Gasteiger partial charge is 0.489 e. The molecule has 2 aliphatic rings. The molecule has 2 amide bonds. The summed E-state index contributed by atoms with van der Waals surface area (Å²) in [4.78, 5) is 29.4. The van der Waals surface area contributed by atoms with E-state index in [1.54, 1.807) is 41.3 Å². The number of nitrogens with one attached hydrogen (secondary N) is 1. The number of furan rings is 1. The molecule has 0 spiro atoms. The molecule has 2 aliphatic heterocycles. The maximum absolute atomic E-state index is 14.0. The molecule has 1 unspecified atom stereocenters. The number of fused-ring (bicyclic) bond motifs is 2. The first-order valence-corrected chi connectivity index (χ1v) is 19.3. The number of benzene rings is 5. The Balaban J connectivity index is 0.939. The Hall–Kier alpha value is -6.21. The lowest BCUT2D eigenvalue weighted by atomic mass is 9.92. The summed E-state index contributed by atoms with van der Waals surface area (Å²) in [6.45, 7) is 2.78. The first kappa shape index (κ1) is 37.7. The lowest BCUT2D eigenvalue weighted by Gasteiger charge is -2.37. The Morgan fingerprint density at radius 2 is 1.60 bits per heavy atom. The van der Waals surface area contributed by atoms with Gasteiger partial charge in [-0.2, -0.15) is 5.26 Å². The molecular weight excluding hydrogens is 761 g/mol. The monoisotopic (exact) mass is 797 g/mol. The highest BCUT2D eigenvalue weighted by Crippen LogP contribution is 2.41. The van der Waals surface area contributed by atoms with E-state index >= 15 is 0 Å². The number of halogens is 2. The summed E-state index contributed by atoms with van der Waals surface area (Å²) in [6, 6.07) is 37.0. The van der Waals surface area contributed by atoms with Crippen LogP contribution >= 0.6 is 23.2 Å². The van der Waals surface area contributed by atoms with Crippen LogP contribution in [-0.4, -0.2) is 35.4 Å². The van der Waals surface area contributed by atoms with E-state index in [1.807, 2.05) is 85.8 Å². The molecule has 3 heterocycles. The number of rotatable bonds is 10. The molecule has 8 rings (SSSR count). The number of ether oxygens (including phenoxy) is 3. The minimum atomic E-state index is -0.774. The molecule has 0 aliphatic carbocycles. The van der Waals surface area contributed by atoms with Gasteiger partial charge in [0.15, 0.2) is 23.4 Å². The van der Waals surface area contributed by atoms with Gasteiger partial charge < -0.3 is 28.8 Å². The third-order valence-corrected chi connectivity index (χ3v) is 11.0. The van der Waals surface area contributed by atoms with Gasteiger partial charge in [0.1, 0.15) is 25.0 Å². The highest BCUT2D eigenvalue weighted by Gasteiger charge is 2.38. The van der Waals surface area contributed by atoms with Crippen LogP contribution in [0.2, 0.25) is 10.0 Å². The van der Waals surface area contributed by atoms with Gasteiger partial charge in [0.2, 0.25) is 5.91 Å². The highest BCUT2D eigenvalue weighted by molar-refractivity contribution is 6.42. The molecule has 0 saturated carbocycles. The fourth-order valence-electron chi connectivity index (χ4n) is 7.19. The summed E-state index contributed by atoms with van der Waals surface area (Å²) in [7, 11) is 0. The Morgan fingerprint density at radius 1 is 0.877 bits per heavy atom. The molecule has 0 radical (unpaired) electrons. The second kappa shape index (κ2) is 16.5. The van der Waals surface area contributed by atoms with E-state index in [4.69, 9.17) is 47.1 Å². The van der Waals surface area contributed by atoms with Crippen molar-refractivity contribution in [3.05, 3.63) is 171 Å². The fourth-order valence-corrected chi connectivity index (χ4v) is 7.51. The zero-order valence-electron chi connectivity index (χ0n) is 30.9. The van der Waals surface area contributed by atoms with E-state index < -0.39 is 6.04 Å². The van der Waals surface area contributed by atoms with Crippen LogP contribution in [0.15, 0.2) is 126 Å². The van der Waals surface area contributed by atoms with Gasteiger partial charge in [0.05, 0.1) is 27.9 Å². The van der Waals surface area contributed by atoms with Gasteiger partial charge >= 0.3 is 0 Å². The topological polar surface area (TPSA) is 114 Å². The number of nitriles is 1. The summed E-state index contributed by atoms with van der Waals surface area (Å²) in [5.74, 6) is 1.40. The van der Waals surface area contributed by atoms with Crippen LogP contribution < -0.4 is 19.5 Å². The van der Waals surface area contributed by atoms with Gasteiger partial charge in [-0.05, 0) is 113 Å². The van der Waals surface area contributed by atoms with Crippen molar-refractivity contribution in [1.82, 2.24) is 10.2 Å². The maximum Gasteiger partial charge on any atom is 0.290 e. The summed E-state index contributed by atoms with van der Waals surface area (Å²) < 4.78 is 24.1. The van der Waals surface area contributed by atoms with Crippen LogP contribution in [0.1, 0.15) is 57.0 Å². The lowest BCUT2D eigenvalue weighted by Crippen LogP contribution is -2.54. The fraction of sp³-hybridized carbons (Fsp3) is 0.196. The van der Waals surface area contributed by atoms with Crippen molar-refractivity contribution in [2.45, 2.75) is 51.1 Å². The minimum absolute atomic E-state index is 0.161. The molecule has 6 aromatic rings. The highest BCUT2D eigenvalue weighted by atomic mass is 35.5. The average Bonchev–Trinajstić information content (AvgIpc) is 3.78. The first-order chi connectivity index (χ1) is 27.7. The van der Waals surface area contributed by atoms with Crippen molar-refractivity contribution < 1.29 is 28.2 Å². The SMILES string of the molecule is C[C@H](Cc1ccc(-c2ccc(C#N)cc2)cc1)NC(=O)[C@@H]1Cc2cc3c(cc2CN1C(=O)c1ccco1)OC(c1ccc(OCc2ccc(Cl)c(Cl)c2)cc1)CO3. The molecule has 3 atom stereocenters. The average molecular weight is 799 g/mol. The van der Waals surface area contributed by atoms with Gasteiger partial charge in [-0.1, -0.05) is 77.8 Å². The number of carbonyl (C=O) groups is 2. The van der Waals surface area contributed by atoms with Gasteiger partial charge in [0.25, 0.3) is 5.91 Å². The Labute approximate surface area is 340 Å². The second-order valence-corrected chi connectivity index (χ2v) is 15.0. The Bertz CT molecular complexity index is 2450. The minimum Gasteiger partial charge on any atom is -0.489 e. The molecule has 0 fully saturated rings. The van der Waals surface area contributed by atoms with Crippen LogP contribution in [0.3, 0.4) is 0 Å². The molecule has 57 heavy (non-hydrogen) atoms. The van der Waals surface area contributed by atoms with E-state index in [9.17, 15) is 9.59 Å². The Morgan fingerprint density at radius 3 is 2.30 bits per heavy atom. The molecule has 11 heteroatoms. The van der Waals surface area contributed by atoms with E-state index in [0.29, 0.717) is 58.9 Å². The van der Waals surface area contributed by atoms with Gasteiger partial charge in [0, 0.05) is 19.0 Å². The van der Waals surface area contributed by atoms with Gasteiger partial charge in [-0.15, -0.1) is 0 Å². The molecule has 1 N–H and O–H groups in total. The number of hydrogen-bond donors (Lipinski definition) is 1. The van der Waals surface area contributed by atoms with Gasteiger partial charge in [-0.3, -0.25) is 9.59 Å². The van der Waals surface area contributed by atoms with E-state index in [0.717, 1.165) is 38.9 Å². The molecular formula is C46H37Cl2N3O6. The predicted molar refractivity (Wildman–Crippen MR) is 217 cm³/mol. The number of nitrogens with zero attached hydrogens (tertiary/aromatic N) is 2. The molecule has 5 aromatic carbocycles. The summed E-state index contributed by atoms with van der Waals surface area (Å²) in [5.41, 5.74) is 7.34. The smallest absolute Gasteiger partial charge is 0.290 e. The van der Waals surface area contributed by atoms with Crippen LogP contribution in [0.4, 0.5) is 0 Å². The summed E-state index contributed by atoms with van der Waals surface area (Å²) in [5, 5.41) is 13.2. The number of amides is 2. The standard InChI is InChI=1S/C46H37Cl2N3O6/c1-28(19-29-4-9-32(10-5-29)33-11-6-30(24-49)7-12-33)50-45(52)40-21-35-22-42-43(23-36(35)25-51(40)46(53)41-3-2-18-54-41)57-44(27-56-42)34-13-15-37(16-14-34)55-26-31-8-17-38(47)39(48)20-31/h2-18,20,22-23,28,40,44H,19,21,25-27H2,1H3,(H,50,52)/t28-,40+,44?/m1/s1. The zero-order chi connectivity index (χ0) is 39.5. The molecule has 0 saturated heterocycles. The quantitative estimate of drug-likeness (QED) is 0.147. The van der Waals surface area contributed by atoms with E-state index in [-0.39, 0.29) is 36.3 Å². The van der Waals surface area contributed by atoms with Crippen molar-refractivity contribution in [2.75, 3.05) is 6.61 Å². The maximum atomic E-state index is 14.0. The van der Waals surface area contributed by atoms with Crippen molar-refractivity contribution in [3.8, 4) is 34.4 Å². The molecule has 286 valence electrons. The zero-order valence-corrected chi connectivity index (χ0v) is 32.4. The normalized spacial score (nSPS) is 16.2. The Kier molecular flexibility index (Phi) is 10.9. The van der Waals surface area contributed by atoms with Gasteiger partial charge in [-0.25, -0.2) is 0 Å². The lowest BCUT2D eigenvalue weighted by molar-refractivity contribution is -0.126. The number of hydrogen-bond acceptors (Lipinski definition) is 7. The van der Waals surface area contributed by atoms with Crippen LogP contribution in [0.25, 0.3) is 11.1 Å². The number of carbonyl (C=O) groups excluding carboxylic acids is 2.